The zero-order chi connectivity index (χ0) is 28.3. The molecule has 0 aliphatic carbocycles. The van der Waals surface area contributed by atoms with Crippen molar-refractivity contribution in [3.8, 4) is 17.2 Å². The Morgan fingerprint density at radius 2 is 1.62 bits per heavy atom. The first-order valence-electron chi connectivity index (χ1n) is 13.5. The number of hydrogen-bond acceptors (Lipinski definition) is 6. The summed E-state index contributed by atoms with van der Waals surface area (Å²) in [6.07, 6.45) is 2.41. The van der Waals surface area contributed by atoms with Crippen molar-refractivity contribution in [1.82, 2.24) is 0 Å². The van der Waals surface area contributed by atoms with Crippen molar-refractivity contribution in [3.63, 3.8) is 0 Å². The third-order valence-corrected chi connectivity index (χ3v) is 6.64. The van der Waals surface area contributed by atoms with Gasteiger partial charge in [0, 0.05) is 19.0 Å². The lowest BCUT2D eigenvalue weighted by Gasteiger charge is -2.35. The Balaban J connectivity index is 1.26. The molecule has 0 saturated carbocycles. The number of carbonyl (C=O) groups is 2. The SMILES string of the molecule is O=C(O)CCCN1CC(C(=O)O)Oc2c(CCc3ccc(OCCCCOc4cccc(F)c4)cc3)cccc21. The quantitative estimate of drug-likeness (QED) is 0.243. The van der Waals surface area contributed by atoms with Crippen LogP contribution in [0.5, 0.6) is 17.2 Å². The van der Waals surface area contributed by atoms with E-state index in [0.717, 1.165) is 41.8 Å². The van der Waals surface area contributed by atoms with Crippen LogP contribution >= 0.6 is 0 Å². The van der Waals surface area contributed by atoms with E-state index in [1.807, 2.05) is 47.4 Å². The number of fused-ring (bicyclic) bond motifs is 1. The maximum Gasteiger partial charge on any atom is 0.346 e. The average Bonchev–Trinajstić information content (AvgIpc) is 2.94. The van der Waals surface area contributed by atoms with E-state index in [9.17, 15) is 19.1 Å². The van der Waals surface area contributed by atoms with Crippen molar-refractivity contribution in [2.45, 2.75) is 44.6 Å². The minimum atomic E-state index is -1.04. The van der Waals surface area contributed by atoms with Crippen molar-refractivity contribution in [2.24, 2.45) is 0 Å². The minimum absolute atomic E-state index is 0.0226. The number of hydrogen-bond donors (Lipinski definition) is 2. The van der Waals surface area contributed by atoms with Crippen LogP contribution in [0, 0.1) is 5.82 Å². The summed E-state index contributed by atoms with van der Waals surface area (Å²) in [6.45, 7) is 1.66. The van der Waals surface area contributed by atoms with E-state index in [4.69, 9.17) is 19.3 Å². The molecule has 0 amide bonds. The van der Waals surface area contributed by atoms with Gasteiger partial charge in [0.15, 0.2) is 0 Å². The summed E-state index contributed by atoms with van der Waals surface area (Å²) < 4.78 is 30.4. The van der Waals surface area contributed by atoms with Crippen LogP contribution in [0.1, 0.15) is 36.8 Å². The normalized spacial score (nSPS) is 14.2. The number of carboxylic acids is 2. The molecule has 0 fully saturated rings. The summed E-state index contributed by atoms with van der Waals surface area (Å²) in [6, 6.07) is 19.7. The fraction of sp³-hybridized carbons (Fsp3) is 0.355. The zero-order valence-electron chi connectivity index (χ0n) is 22.3. The average molecular weight is 552 g/mol. The van der Waals surface area contributed by atoms with E-state index in [1.165, 1.54) is 12.1 Å². The molecule has 1 unspecified atom stereocenters. The predicted octanol–water partition coefficient (Wildman–Crippen LogP) is 5.37. The van der Waals surface area contributed by atoms with Crippen molar-refractivity contribution in [1.29, 1.82) is 0 Å². The fourth-order valence-corrected chi connectivity index (χ4v) is 4.56. The van der Waals surface area contributed by atoms with Crippen LogP contribution in [-0.4, -0.2) is 54.6 Å². The second kappa shape index (κ2) is 14.2. The molecule has 9 heteroatoms. The van der Waals surface area contributed by atoms with Gasteiger partial charge in [-0.15, -0.1) is 0 Å². The van der Waals surface area contributed by atoms with E-state index in [2.05, 4.69) is 0 Å². The van der Waals surface area contributed by atoms with Gasteiger partial charge in [-0.25, -0.2) is 9.18 Å². The summed E-state index contributed by atoms with van der Waals surface area (Å²) in [5.74, 6) is -0.383. The molecule has 4 rings (SSSR count). The van der Waals surface area contributed by atoms with Crippen molar-refractivity contribution in [2.75, 3.05) is 31.2 Å². The summed E-state index contributed by atoms with van der Waals surface area (Å²) in [5.41, 5.74) is 2.82. The number of rotatable bonds is 15. The second-order valence-electron chi connectivity index (χ2n) is 9.66. The van der Waals surface area contributed by atoms with Crippen molar-refractivity contribution in [3.05, 3.63) is 83.7 Å². The van der Waals surface area contributed by atoms with Gasteiger partial charge in [-0.1, -0.05) is 30.3 Å². The van der Waals surface area contributed by atoms with Gasteiger partial charge in [0.05, 0.1) is 25.4 Å². The Morgan fingerprint density at radius 1 is 0.900 bits per heavy atom. The van der Waals surface area contributed by atoms with Gasteiger partial charge in [0.1, 0.15) is 23.1 Å². The number of benzene rings is 3. The summed E-state index contributed by atoms with van der Waals surface area (Å²) >= 11 is 0. The standard InChI is InChI=1S/C31H34FNO7/c32-24-7-4-8-26(20-24)39-19-2-1-18-38-25-15-12-22(13-16-25)11-14-23-6-3-9-27-30(23)40-28(31(36)37)21-33(27)17-5-10-29(34)35/h3-4,6-9,12-13,15-16,20,28H,1-2,5,10-11,14,17-19,21H2,(H,34,35)(H,36,37). The lowest BCUT2D eigenvalue weighted by molar-refractivity contribution is -0.145. The maximum absolute atomic E-state index is 13.2. The smallest absolute Gasteiger partial charge is 0.346 e. The summed E-state index contributed by atoms with van der Waals surface area (Å²) in [7, 11) is 0. The third-order valence-electron chi connectivity index (χ3n) is 6.64. The van der Waals surface area contributed by atoms with Gasteiger partial charge < -0.3 is 29.3 Å². The zero-order valence-corrected chi connectivity index (χ0v) is 22.3. The Morgan fingerprint density at radius 3 is 2.33 bits per heavy atom. The van der Waals surface area contributed by atoms with Crippen LogP contribution in [0.3, 0.4) is 0 Å². The molecule has 1 aliphatic rings. The molecule has 40 heavy (non-hydrogen) atoms. The number of carboxylic acid groups (broad SMARTS) is 2. The molecule has 2 N–H and O–H groups in total. The van der Waals surface area contributed by atoms with Gasteiger partial charge in [0.25, 0.3) is 0 Å². The molecule has 212 valence electrons. The number of halogens is 1. The Labute approximate surface area is 232 Å². The molecule has 0 spiro atoms. The highest BCUT2D eigenvalue weighted by Crippen LogP contribution is 2.37. The molecule has 3 aromatic carbocycles. The summed E-state index contributed by atoms with van der Waals surface area (Å²) in [5, 5.41) is 18.6. The van der Waals surface area contributed by atoms with E-state index < -0.39 is 18.0 Å². The number of aryl methyl sites for hydroxylation is 2. The largest absolute Gasteiger partial charge is 0.494 e. The first-order chi connectivity index (χ1) is 19.4. The van der Waals surface area contributed by atoms with E-state index in [-0.39, 0.29) is 18.8 Å². The van der Waals surface area contributed by atoms with E-state index >= 15 is 0 Å². The van der Waals surface area contributed by atoms with Gasteiger partial charge in [-0.05, 0) is 73.6 Å². The highest BCUT2D eigenvalue weighted by atomic mass is 19.1. The summed E-state index contributed by atoms with van der Waals surface area (Å²) in [4.78, 5) is 24.6. The lowest BCUT2D eigenvalue weighted by Crippen LogP contribution is -2.45. The highest BCUT2D eigenvalue weighted by molar-refractivity contribution is 5.77. The molecule has 0 radical (unpaired) electrons. The molecule has 1 aliphatic heterocycles. The van der Waals surface area contributed by atoms with E-state index in [0.29, 0.717) is 44.1 Å². The highest BCUT2D eigenvalue weighted by Gasteiger charge is 2.31. The number of nitrogens with zero attached hydrogens (tertiary/aromatic N) is 1. The molecule has 0 saturated heterocycles. The number of aliphatic carboxylic acids is 2. The fourth-order valence-electron chi connectivity index (χ4n) is 4.56. The molecule has 1 heterocycles. The first-order valence-corrected chi connectivity index (χ1v) is 13.5. The third kappa shape index (κ3) is 8.36. The molecular formula is C31H34FNO7. The second-order valence-corrected chi connectivity index (χ2v) is 9.66. The van der Waals surface area contributed by atoms with Gasteiger partial charge in [-0.2, -0.15) is 0 Å². The number of unbranched alkanes of at least 4 members (excludes halogenated alkanes) is 1. The molecule has 8 nitrogen and oxygen atoms in total. The monoisotopic (exact) mass is 551 g/mol. The topological polar surface area (TPSA) is 106 Å². The Kier molecular flexibility index (Phi) is 10.2. The maximum atomic E-state index is 13.2. The van der Waals surface area contributed by atoms with Gasteiger partial charge >= 0.3 is 11.9 Å². The first kappa shape index (κ1) is 28.7. The molecule has 0 bridgehead atoms. The van der Waals surface area contributed by atoms with Crippen LogP contribution in [0.4, 0.5) is 10.1 Å². The Bertz CT molecular complexity index is 1280. The van der Waals surface area contributed by atoms with Gasteiger partial charge in [-0.3, -0.25) is 4.79 Å². The molecule has 1 atom stereocenters. The molecular weight excluding hydrogens is 517 g/mol. The van der Waals surface area contributed by atoms with Crippen molar-refractivity contribution >= 4 is 17.6 Å². The van der Waals surface area contributed by atoms with Gasteiger partial charge in [0.2, 0.25) is 6.10 Å². The minimum Gasteiger partial charge on any atom is -0.494 e. The van der Waals surface area contributed by atoms with Crippen LogP contribution < -0.4 is 19.1 Å². The van der Waals surface area contributed by atoms with Crippen molar-refractivity contribution < 1.29 is 38.4 Å². The molecule has 3 aromatic rings. The number of para-hydroxylation sites is 1. The lowest BCUT2D eigenvalue weighted by atomic mass is 10.0. The predicted molar refractivity (Wildman–Crippen MR) is 148 cm³/mol. The molecule has 0 aromatic heterocycles. The van der Waals surface area contributed by atoms with Crippen LogP contribution in [0.15, 0.2) is 66.7 Å². The Hall–Kier alpha value is -4.27. The number of anilines is 1. The van der Waals surface area contributed by atoms with E-state index in [1.54, 1.807) is 12.1 Å². The number of ether oxygens (including phenoxy) is 3. The van der Waals surface area contributed by atoms with Crippen LogP contribution in [0.2, 0.25) is 0 Å². The van der Waals surface area contributed by atoms with Crippen LogP contribution in [0.25, 0.3) is 0 Å². The van der Waals surface area contributed by atoms with Crippen LogP contribution in [-0.2, 0) is 22.4 Å².